The maximum atomic E-state index is 12.8. The fourth-order valence-electron chi connectivity index (χ4n) is 9.12. The van der Waals surface area contributed by atoms with Crippen LogP contribution in [-0.4, -0.2) is 70.0 Å². The van der Waals surface area contributed by atoms with Gasteiger partial charge in [0.1, 0.15) is 19.8 Å². The van der Waals surface area contributed by atoms with E-state index in [2.05, 4.69) is 62.5 Å². The molecular weight excluding hydrogens is 954 g/mol. The highest BCUT2D eigenvalue weighted by atomic mass is 31.2. The standard InChI is InChI=1S/C65H122NO8P/c1-6-8-10-12-14-16-18-20-22-23-24-25-26-27-28-29-30-31-32-33-34-35-36-37-38-39-40-41-42-43-44-46-48-50-52-54-56-58-65(68)74-63(62-73-75(69,70)72-60-59-66(3,4)5)61-71-64(67)57-55-53-51-49-47-45-21-19-17-15-13-11-9-7-2/h13,15,18-21,23-24,63H,6-12,14,16-17,22,25-62H2,1-5H3/b15-13-,20-18-,21-19-,24-23-. The summed E-state index contributed by atoms with van der Waals surface area (Å²) in [5.41, 5.74) is 0. The third-order valence-corrected chi connectivity index (χ3v) is 15.0. The second kappa shape index (κ2) is 56.7. The fourth-order valence-corrected chi connectivity index (χ4v) is 9.85. The van der Waals surface area contributed by atoms with Crippen molar-refractivity contribution in [2.45, 2.75) is 309 Å². The van der Waals surface area contributed by atoms with E-state index in [1.165, 1.54) is 199 Å². The van der Waals surface area contributed by atoms with Crippen LogP contribution in [0.5, 0.6) is 0 Å². The van der Waals surface area contributed by atoms with E-state index >= 15 is 0 Å². The number of allylic oxidation sites excluding steroid dienone is 8. The van der Waals surface area contributed by atoms with Gasteiger partial charge in [0.25, 0.3) is 7.82 Å². The summed E-state index contributed by atoms with van der Waals surface area (Å²) >= 11 is 0. The Morgan fingerprint density at radius 3 is 1.09 bits per heavy atom. The molecule has 0 aromatic heterocycles. The van der Waals surface area contributed by atoms with Crippen LogP contribution in [0.3, 0.4) is 0 Å². The number of esters is 2. The number of ether oxygens (including phenoxy) is 2. The Bertz CT molecular complexity index is 1410. The third kappa shape index (κ3) is 61.1. The molecular formula is C65H122NO8P. The number of carbonyl (C=O) groups is 2. The zero-order chi connectivity index (χ0) is 54.9. The first kappa shape index (κ1) is 73.0. The molecule has 10 heteroatoms. The zero-order valence-electron chi connectivity index (χ0n) is 50.0. The lowest BCUT2D eigenvalue weighted by Gasteiger charge is -2.28. The van der Waals surface area contributed by atoms with Gasteiger partial charge in [-0.2, -0.15) is 0 Å². The number of unbranched alkanes of at least 4 members (excludes halogenated alkanes) is 37. The molecule has 0 saturated carbocycles. The van der Waals surface area contributed by atoms with Gasteiger partial charge in [0.2, 0.25) is 0 Å². The van der Waals surface area contributed by atoms with Gasteiger partial charge < -0.3 is 27.9 Å². The minimum Gasteiger partial charge on any atom is -0.756 e. The molecule has 0 fully saturated rings. The largest absolute Gasteiger partial charge is 0.756 e. The Balaban J connectivity index is 3.92. The number of rotatable bonds is 59. The third-order valence-electron chi connectivity index (χ3n) is 14.1. The predicted molar refractivity (Wildman–Crippen MR) is 319 cm³/mol. The molecule has 0 aromatic carbocycles. The summed E-state index contributed by atoms with van der Waals surface area (Å²) in [5, 5.41) is 0. The summed E-state index contributed by atoms with van der Waals surface area (Å²) in [7, 11) is 1.17. The highest BCUT2D eigenvalue weighted by molar-refractivity contribution is 7.45. The summed E-state index contributed by atoms with van der Waals surface area (Å²) < 4.78 is 34.1. The lowest BCUT2D eigenvalue weighted by molar-refractivity contribution is -0.870. The number of quaternary nitrogens is 1. The number of carbonyl (C=O) groups excluding carboxylic acids is 2. The lowest BCUT2D eigenvalue weighted by atomic mass is 10.0. The molecule has 440 valence electrons. The first-order valence-corrected chi connectivity index (χ1v) is 33.3. The monoisotopic (exact) mass is 1080 g/mol. The van der Waals surface area contributed by atoms with Crippen LogP contribution in [-0.2, 0) is 32.7 Å². The quantitative estimate of drug-likeness (QED) is 0.0195. The van der Waals surface area contributed by atoms with Crippen LogP contribution in [0.4, 0.5) is 0 Å². The summed E-state index contributed by atoms with van der Waals surface area (Å²) in [5.74, 6) is -0.839. The summed E-state index contributed by atoms with van der Waals surface area (Å²) in [6, 6.07) is 0. The van der Waals surface area contributed by atoms with Crippen molar-refractivity contribution in [2.75, 3.05) is 47.5 Å². The zero-order valence-corrected chi connectivity index (χ0v) is 50.9. The smallest absolute Gasteiger partial charge is 0.306 e. The number of phosphoric ester groups is 1. The molecule has 0 N–H and O–H groups in total. The first-order chi connectivity index (χ1) is 36.5. The Morgan fingerprint density at radius 2 is 0.733 bits per heavy atom. The molecule has 0 bridgehead atoms. The van der Waals surface area contributed by atoms with Crippen LogP contribution in [0.15, 0.2) is 48.6 Å². The number of likely N-dealkylation sites (N-methyl/N-ethyl adjacent to an activating group) is 1. The van der Waals surface area contributed by atoms with E-state index in [0.717, 1.165) is 64.2 Å². The average Bonchev–Trinajstić information content (AvgIpc) is 3.37. The number of hydrogen-bond donors (Lipinski definition) is 0. The number of nitrogens with zero attached hydrogens (tertiary/aromatic N) is 1. The number of hydrogen-bond acceptors (Lipinski definition) is 8. The van der Waals surface area contributed by atoms with Gasteiger partial charge in [-0.3, -0.25) is 14.2 Å². The van der Waals surface area contributed by atoms with Crippen molar-refractivity contribution in [2.24, 2.45) is 0 Å². The van der Waals surface area contributed by atoms with E-state index in [-0.39, 0.29) is 26.1 Å². The summed E-state index contributed by atoms with van der Waals surface area (Å²) in [6.45, 7) is 4.20. The van der Waals surface area contributed by atoms with Crippen LogP contribution in [0.1, 0.15) is 303 Å². The van der Waals surface area contributed by atoms with Crippen molar-refractivity contribution in [1.29, 1.82) is 0 Å². The highest BCUT2D eigenvalue weighted by Gasteiger charge is 2.22. The molecule has 0 aliphatic carbocycles. The first-order valence-electron chi connectivity index (χ1n) is 31.8. The molecule has 0 rings (SSSR count). The topological polar surface area (TPSA) is 111 Å². The summed E-state index contributed by atoms with van der Waals surface area (Å²) in [6.07, 6.45) is 72.0. The van der Waals surface area contributed by atoms with Gasteiger partial charge in [-0.15, -0.1) is 0 Å². The van der Waals surface area contributed by atoms with Gasteiger partial charge in [-0.05, 0) is 70.6 Å². The summed E-state index contributed by atoms with van der Waals surface area (Å²) in [4.78, 5) is 37.8. The Kier molecular flexibility index (Phi) is 55.1. The van der Waals surface area contributed by atoms with E-state index in [4.69, 9.17) is 18.5 Å². The minimum atomic E-state index is -4.64. The van der Waals surface area contributed by atoms with Crippen LogP contribution >= 0.6 is 7.82 Å². The maximum absolute atomic E-state index is 12.8. The van der Waals surface area contributed by atoms with Crippen molar-refractivity contribution in [3.05, 3.63) is 48.6 Å². The van der Waals surface area contributed by atoms with Crippen molar-refractivity contribution < 1.29 is 42.1 Å². The van der Waals surface area contributed by atoms with Gasteiger partial charge in [-0.1, -0.05) is 268 Å². The van der Waals surface area contributed by atoms with E-state index < -0.39 is 32.5 Å². The molecule has 0 aromatic rings. The molecule has 9 nitrogen and oxygen atoms in total. The highest BCUT2D eigenvalue weighted by Crippen LogP contribution is 2.38. The Labute approximate surface area is 464 Å². The van der Waals surface area contributed by atoms with E-state index in [0.29, 0.717) is 23.9 Å². The normalized spacial score (nSPS) is 13.5. The molecule has 2 unspecified atom stereocenters. The Hall–Kier alpha value is -2.03. The van der Waals surface area contributed by atoms with Crippen molar-refractivity contribution in [3.8, 4) is 0 Å². The molecule has 0 heterocycles. The van der Waals surface area contributed by atoms with Crippen molar-refractivity contribution >= 4 is 19.8 Å². The van der Waals surface area contributed by atoms with Gasteiger partial charge in [-0.25, -0.2) is 0 Å². The second-order valence-electron chi connectivity index (χ2n) is 22.8. The second-order valence-corrected chi connectivity index (χ2v) is 24.2. The Morgan fingerprint density at radius 1 is 0.413 bits per heavy atom. The van der Waals surface area contributed by atoms with Crippen LogP contribution in [0.2, 0.25) is 0 Å². The van der Waals surface area contributed by atoms with E-state index in [1.54, 1.807) is 0 Å². The number of phosphoric acid groups is 1. The minimum absolute atomic E-state index is 0.0322. The molecule has 0 saturated heterocycles. The molecule has 2 atom stereocenters. The molecule has 0 aliphatic rings. The molecule has 0 radical (unpaired) electrons. The molecule has 0 aliphatic heterocycles. The van der Waals surface area contributed by atoms with Crippen molar-refractivity contribution in [1.82, 2.24) is 0 Å². The van der Waals surface area contributed by atoms with E-state index in [9.17, 15) is 19.0 Å². The van der Waals surface area contributed by atoms with Crippen LogP contribution < -0.4 is 4.89 Å². The van der Waals surface area contributed by atoms with Gasteiger partial charge in [0.15, 0.2) is 6.10 Å². The predicted octanol–water partition coefficient (Wildman–Crippen LogP) is 19.5. The molecule has 75 heavy (non-hydrogen) atoms. The fraction of sp³-hybridized carbons (Fsp3) is 0.846. The van der Waals surface area contributed by atoms with Crippen molar-refractivity contribution in [3.63, 3.8) is 0 Å². The van der Waals surface area contributed by atoms with Crippen LogP contribution in [0.25, 0.3) is 0 Å². The molecule has 0 spiro atoms. The maximum Gasteiger partial charge on any atom is 0.306 e. The van der Waals surface area contributed by atoms with Crippen LogP contribution in [0, 0.1) is 0 Å². The van der Waals surface area contributed by atoms with Gasteiger partial charge >= 0.3 is 11.9 Å². The molecule has 0 amide bonds. The van der Waals surface area contributed by atoms with E-state index in [1.807, 2.05) is 21.1 Å². The average molecular weight is 1080 g/mol. The lowest BCUT2D eigenvalue weighted by Crippen LogP contribution is -2.37. The SMILES string of the molecule is CCCC/C=C\C/C=C\CCCCCCCC(=O)OCC(COP(=O)([O-])OCC[N+](C)(C)C)OC(=O)CCCCCCCCCCCCCCCCCCCCCCCCCCC/C=C\C/C=C\CCCCCCC. The van der Waals surface area contributed by atoms with Gasteiger partial charge in [0.05, 0.1) is 27.7 Å². The van der Waals surface area contributed by atoms with Gasteiger partial charge in [0, 0.05) is 12.8 Å².